The average molecular weight is 174 g/mol. The smallest absolute Gasteiger partial charge is 0.192 e. The van der Waals surface area contributed by atoms with Gasteiger partial charge in [-0.3, -0.25) is 0 Å². The second-order valence-corrected chi connectivity index (χ2v) is 2.87. The largest absolute Gasteiger partial charge is 0.241 e. The summed E-state index contributed by atoms with van der Waals surface area (Å²) in [7, 11) is 3.61. The van der Waals surface area contributed by atoms with Gasteiger partial charge in [-0.25, -0.2) is 0 Å². The number of hydrogen-bond donors (Lipinski definition) is 1. The Morgan fingerprint density at radius 3 is 2.69 bits per heavy atom. The van der Waals surface area contributed by atoms with Gasteiger partial charge in [0.2, 0.25) is 5.84 Å². The normalized spacial score (nSPS) is 20.5. The van der Waals surface area contributed by atoms with Crippen LogP contribution in [0, 0.1) is 14.0 Å². The van der Waals surface area contributed by atoms with Gasteiger partial charge in [-0.15, -0.1) is 0 Å². The second-order valence-electron chi connectivity index (χ2n) is 2.87. The van der Waals surface area contributed by atoms with Crippen LogP contribution in [0.2, 0.25) is 0 Å². The number of benzene rings is 1. The Morgan fingerprint density at radius 1 is 1.31 bits per heavy atom. The van der Waals surface area contributed by atoms with E-state index in [4.69, 9.17) is 0 Å². The van der Waals surface area contributed by atoms with Crippen LogP contribution in [0.4, 0.5) is 0 Å². The van der Waals surface area contributed by atoms with Crippen molar-refractivity contribution in [1.29, 1.82) is 0 Å². The van der Waals surface area contributed by atoms with Crippen LogP contribution < -0.4 is 5.12 Å². The van der Waals surface area contributed by atoms with Crippen LogP contribution >= 0.6 is 0 Å². The lowest BCUT2D eigenvalue weighted by atomic mass is 10.1. The maximum Gasteiger partial charge on any atom is 0.241 e. The monoisotopic (exact) mass is 174 g/mol. The van der Waals surface area contributed by atoms with Gasteiger partial charge in [-0.1, -0.05) is 41.5 Å². The van der Waals surface area contributed by atoms with Gasteiger partial charge in [0.15, 0.2) is 0 Å². The van der Waals surface area contributed by atoms with E-state index in [9.17, 15) is 0 Å². The van der Waals surface area contributed by atoms with E-state index >= 15 is 0 Å². The Bertz CT molecular complexity index is 381. The van der Waals surface area contributed by atoms with Gasteiger partial charge in [0.05, 0.1) is 0 Å². The van der Waals surface area contributed by atoms with Crippen LogP contribution in [-0.2, 0) is 0 Å². The average Bonchev–Trinajstić information content (AvgIpc) is 2.53. The molecule has 1 aromatic carbocycles. The first-order valence-electron chi connectivity index (χ1n) is 4.03. The van der Waals surface area contributed by atoms with Crippen LogP contribution in [-0.4, -0.2) is 5.84 Å². The molecule has 4 heteroatoms. The van der Waals surface area contributed by atoms with Crippen molar-refractivity contribution in [3.63, 3.8) is 0 Å². The van der Waals surface area contributed by atoms with Gasteiger partial charge in [0, 0.05) is 10.8 Å². The van der Waals surface area contributed by atoms with Crippen molar-refractivity contribution in [2.24, 2.45) is 15.4 Å². The molecule has 2 rings (SSSR count). The van der Waals surface area contributed by atoms with Crippen LogP contribution in [0.15, 0.2) is 39.7 Å². The number of amidine groups is 1. The predicted octanol–water partition coefficient (Wildman–Crippen LogP) is 0.714. The topological polar surface area (TPSA) is 41.5 Å². The van der Waals surface area contributed by atoms with E-state index in [1.807, 2.05) is 31.2 Å². The van der Waals surface area contributed by atoms with E-state index in [1.54, 1.807) is 0 Å². The quantitative estimate of drug-likeness (QED) is 0.609. The lowest BCUT2D eigenvalue weighted by Crippen LogP contribution is -2.95. The van der Waals surface area contributed by atoms with E-state index in [2.05, 4.69) is 22.5 Å². The molecule has 0 saturated carbocycles. The summed E-state index contributed by atoms with van der Waals surface area (Å²) in [5.74, 6) is 0.656. The van der Waals surface area contributed by atoms with Crippen molar-refractivity contribution >= 4 is 5.84 Å². The summed E-state index contributed by atoms with van der Waals surface area (Å²) in [5, 5.41) is 12.3. The molecule has 4 nitrogen and oxygen atoms in total. The zero-order valence-corrected chi connectivity index (χ0v) is 7.36. The number of hydrogen-bond acceptors (Lipinski definition) is 3. The van der Waals surface area contributed by atoms with E-state index in [0.29, 0.717) is 11.0 Å². The van der Waals surface area contributed by atoms with E-state index < -0.39 is 0 Å². The Balaban J connectivity index is 2.42. The standard InChI is InChI=1S/C9H10N4/c1-7-5-3-4-6-8(7)9-10-12-13(2)11-9/h3-6,13H,2H2,1H3. The van der Waals surface area contributed by atoms with Crippen LogP contribution in [0.25, 0.3) is 0 Å². The van der Waals surface area contributed by atoms with Gasteiger partial charge in [-0.05, 0) is 12.5 Å². The fourth-order valence-electron chi connectivity index (χ4n) is 1.21. The molecule has 1 N–H and O–H groups in total. The van der Waals surface area contributed by atoms with Gasteiger partial charge in [0.1, 0.15) is 0 Å². The Morgan fingerprint density at radius 2 is 2.08 bits per heavy atom. The zero-order chi connectivity index (χ0) is 9.26. The third kappa shape index (κ3) is 1.48. The summed E-state index contributed by atoms with van der Waals surface area (Å²) in [6, 6.07) is 7.95. The molecule has 1 aliphatic heterocycles. The Labute approximate surface area is 76.6 Å². The fourth-order valence-corrected chi connectivity index (χ4v) is 1.21. The first kappa shape index (κ1) is 8.07. The van der Waals surface area contributed by atoms with Crippen LogP contribution in [0.5, 0.6) is 0 Å². The minimum absolute atomic E-state index is 0.471. The number of rotatable bonds is 1. The molecule has 1 unspecified atom stereocenters. The molecule has 0 radical (unpaired) electrons. The highest BCUT2D eigenvalue weighted by atomic mass is 15.7. The zero-order valence-electron chi connectivity index (χ0n) is 7.36. The lowest BCUT2D eigenvalue weighted by molar-refractivity contribution is -0.868. The van der Waals surface area contributed by atoms with E-state index in [-0.39, 0.29) is 0 Å². The molecular formula is C9H10N4. The summed E-state index contributed by atoms with van der Waals surface area (Å²) < 4.78 is 0. The first-order valence-corrected chi connectivity index (χ1v) is 4.03. The SMILES string of the molecule is [CH2-][NH+]1N=NC(c2ccccc2C)=N1. The molecule has 0 amide bonds. The van der Waals surface area contributed by atoms with Crippen LogP contribution in [0.3, 0.4) is 0 Å². The fraction of sp³-hybridized carbons (Fsp3) is 0.111. The van der Waals surface area contributed by atoms with E-state index in [1.165, 1.54) is 0 Å². The van der Waals surface area contributed by atoms with Crippen molar-refractivity contribution in [1.82, 2.24) is 0 Å². The number of nitrogens with zero attached hydrogens (tertiary/aromatic N) is 3. The van der Waals surface area contributed by atoms with Crippen molar-refractivity contribution in [3.05, 3.63) is 42.4 Å². The molecule has 0 saturated heterocycles. The maximum atomic E-state index is 4.11. The van der Waals surface area contributed by atoms with Gasteiger partial charge in [0.25, 0.3) is 0 Å². The summed E-state index contributed by atoms with van der Waals surface area (Å²) in [4.78, 5) is 0. The number of nitrogens with one attached hydrogen (secondary N) is 1. The number of aryl methyl sites for hydroxylation is 1. The minimum atomic E-state index is 0.471. The summed E-state index contributed by atoms with van der Waals surface area (Å²) >= 11 is 0. The van der Waals surface area contributed by atoms with Crippen molar-refractivity contribution in [2.75, 3.05) is 0 Å². The van der Waals surface area contributed by atoms with Crippen LogP contribution in [0.1, 0.15) is 11.1 Å². The molecule has 0 aromatic heterocycles. The number of quaternary nitrogens is 1. The summed E-state index contributed by atoms with van der Waals surface area (Å²) in [5.41, 5.74) is 2.17. The highest BCUT2D eigenvalue weighted by Crippen LogP contribution is 2.09. The van der Waals surface area contributed by atoms with Gasteiger partial charge < -0.3 is 0 Å². The predicted molar refractivity (Wildman–Crippen MR) is 48.9 cm³/mol. The molecule has 1 aromatic rings. The highest BCUT2D eigenvalue weighted by Gasteiger charge is 2.12. The van der Waals surface area contributed by atoms with Gasteiger partial charge >= 0.3 is 0 Å². The van der Waals surface area contributed by atoms with Crippen molar-refractivity contribution in [2.45, 2.75) is 6.92 Å². The summed E-state index contributed by atoms with van der Waals surface area (Å²) in [6.07, 6.45) is 0. The molecule has 1 aliphatic rings. The van der Waals surface area contributed by atoms with E-state index in [0.717, 1.165) is 11.1 Å². The third-order valence-corrected chi connectivity index (χ3v) is 1.88. The highest BCUT2D eigenvalue weighted by molar-refractivity contribution is 6.00. The second kappa shape index (κ2) is 3.06. The third-order valence-electron chi connectivity index (χ3n) is 1.88. The molecular weight excluding hydrogens is 164 g/mol. The molecule has 0 fully saturated rings. The molecule has 13 heavy (non-hydrogen) atoms. The Hall–Kier alpha value is -1.55. The first-order chi connectivity index (χ1) is 6.27. The molecule has 66 valence electrons. The van der Waals surface area contributed by atoms with Crippen molar-refractivity contribution in [3.8, 4) is 0 Å². The Kier molecular flexibility index (Phi) is 1.90. The van der Waals surface area contributed by atoms with Crippen molar-refractivity contribution < 1.29 is 5.12 Å². The molecule has 1 atom stereocenters. The minimum Gasteiger partial charge on any atom is -0.192 e. The summed E-state index contributed by atoms with van der Waals surface area (Å²) in [6.45, 7) is 2.02. The van der Waals surface area contributed by atoms with Gasteiger partial charge in [-0.2, -0.15) is 5.12 Å². The molecule has 0 aliphatic carbocycles. The molecule has 0 spiro atoms. The maximum absolute atomic E-state index is 4.11. The molecule has 1 heterocycles. The lowest BCUT2D eigenvalue weighted by Gasteiger charge is -1.99. The molecule has 0 bridgehead atoms.